The van der Waals surface area contributed by atoms with Crippen LogP contribution in [0.4, 0.5) is 5.82 Å². The number of benzene rings is 1. The Bertz CT molecular complexity index is 1010. The molecule has 2 aromatic rings. The largest absolute Gasteiger partial charge is 0.493 e. The van der Waals surface area contributed by atoms with E-state index >= 15 is 0 Å². The van der Waals surface area contributed by atoms with Crippen LogP contribution in [0.25, 0.3) is 0 Å². The Balaban J connectivity index is 1.62. The van der Waals surface area contributed by atoms with Gasteiger partial charge in [-0.15, -0.1) is 11.8 Å². The summed E-state index contributed by atoms with van der Waals surface area (Å²) in [4.78, 5) is 25.5. The van der Waals surface area contributed by atoms with Crippen molar-refractivity contribution in [3.8, 4) is 17.2 Å². The van der Waals surface area contributed by atoms with Crippen LogP contribution in [0.1, 0.15) is 35.3 Å². The van der Waals surface area contributed by atoms with Crippen LogP contribution in [-0.2, 0) is 4.79 Å². The number of amides is 1. The molecule has 3 aliphatic heterocycles. The minimum atomic E-state index is -0.324. The van der Waals surface area contributed by atoms with E-state index in [-0.39, 0.29) is 35.3 Å². The molecule has 0 bridgehead atoms. The second kappa shape index (κ2) is 7.56. The number of fused-ring (bicyclic) bond motifs is 2. The molecule has 1 aromatic carbocycles. The summed E-state index contributed by atoms with van der Waals surface area (Å²) in [6.45, 7) is 0.134. The van der Waals surface area contributed by atoms with E-state index in [1.807, 2.05) is 28.6 Å². The lowest BCUT2D eigenvalue weighted by molar-refractivity contribution is -0.113. The molecule has 10 heteroatoms. The second-order valence-corrected chi connectivity index (χ2v) is 9.43. The van der Waals surface area contributed by atoms with Crippen molar-refractivity contribution < 1.29 is 19.0 Å². The monoisotopic (exact) mass is 435 g/mol. The van der Waals surface area contributed by atoms with Gasteiger partial charge in [-0.25, -0.2) is 0 Å². The molecule has 1 saturated heterocycles. The van der Waals surface area contributed by atoms with Gasteiger partial charge in [0.1, 0.15) is 5.82 Å². The highest BCUT2D eigenvalue weighted by atomic mass is 32.2. The molecule has 0 unspecified atom stereocenters. The number of nitrogens with one attached hydrogen (secondary N) is 2. The Labute approximate surface area is 175 Å². The number of hydrogen-bond donors (Lipinski definition) is 2. The number of carbonyl (C=O) groups is 1. The maximum atomic E-state index is 13.0. The lowest BCUT2D eigenvalue weighted by Crippen LogP contribution is -2.22. The van der Waals surface area contributed by atoms with Crippen molar-refractivity contribution in [2.75, 3.05) is 36.5 Å². The number of ether oxygens (including phenoxy) is 3. The predicted molar refractivity (Wildman–Crippen MR) is 113 cm³/mol. The average molecular weight is 436 g/mol. The quantitative estimate of drug-likeness (QED) is 0.766. The van der Waals surface area contributed by atoms with Crippen LogP contribution < -0.4 is 25.1 Å². The second-order valence-electron chi connectivity index (χ2n) is 7.11. The first-order chi connectivity index (χ1) is 14.2. The molecular formula is C19H21N3O5S2. The van der Waals surface area contributed by atoms with E-state index in [1.165, 1.54) is 11.8 Å². The number of carbonyl (C=O) groups excluding carboxylic acids is 1. The zero-order chi connectivity index (χ0) is 20.0. The van der Waals surface area contributed by atoms with E-state index in [9.17, 15) is 9.59 Å². The van der Waals surface area contributed by atoms with Crippen LogP contribution >= 0.6 is 23.5 Å². The average Bonchev–Trinajstić information content (AvgIpc) is 3.28. The van der Waals surface area contributed by atoms with Crippen molar-refractivity contribution >= 4 is 35.2 Å². The first-order valence-electron chi connectivity index (χ1n) is 9.47. The van der Waals surface area contributed by atoms with Gasteiger partial charge in [0.2, 0.25) is 18.4 Å². The first-order valence-corrected chi connectivity index (χ1v) is 11.7. The Morgan fingerprint density at radius 3 is 2.83 bits per heavy atom. The summed E-state index contributed by atoms with van der Waals surface area (Å²) in [5, 5.41) is 5.63. The SMILES string of the molecule is COc1cc([C@H]2SCC(=O)Nc3c2c(=O)[nH]n3C2CCSCC2)cc2c1OCO2. The third-order valence-electron chi connectivity index (χ3n) is 5.40. The van der Waals surface area contributed by atoms with Crippen LogP contribution in [0.3, 0.4) is 0 Å². The normalized spacial score (nSPS) is 21.4. The first kappa shape index (κ1) is 18.8. The topological polar surface area (TPSA) is 94.6 Å². The van der Waals surface area contributed by atoms with Crippen LogP contribution in [0.15, 0.2) is 16.9 Å². The molecule has 3 aliphatic rings. The van der Waals surface area contributed by atoms with Crippen LogP contribution in [0, 0.1) is 0 Å². The fraction of sp³-hybridized carbons (Fsp3) is 0.474. The molecule has 1 amide bonds. The molecule has 1 atom stereocenters. The van der Waals surface area contributed by atoms with Gasteiger partial charge in [0.15, 0.2) is 11.5 Å². The molecule has 2 N–H and O–H groups in total. The minimum absolute atomic E-state index is 0.107. The molecule has 5 rings (SSSR count). The third kappa shape index (κ3) is 3.28. The summed E-state index contributed by atoms with van der Waals surface area (Å²) in [5.74, 6) is 4.54. The van der Waals surface area contributed by atoms with E-state index < -0.39 is 0 Å². The summed E-state index contributed by atoms with van der Waals surface area (Å²) in [6, 6.07) is 3.91. The summed E-state index contributed by atoms with van der Waals surface area (Å²) in [7, 11) is 1.57. The van der Waals surface area contributed by atoms with Gasteiger partial charge in [0.05, 0.1) is 29.7 Å². The van der Waals surface area contributed by atoms with E-state index in [4.69, 9.17) is 14.2 Å². The minimum Gasteiger partial charge on any atom is -0.493 e. The molecular weight excluding hydrogens is 414 g/mol. The van der Waals surface area contributed by atoms with E-state index in [2.05, 4.69) is 10.4 Å². The standard InChI is InChI=1S/C19H21N3O5S2/c1-25-12-6-10(7-13-16(12)27-9-26-13)17-15-18(20-14(23)8-29-17)22(21-19(15)24)11-2-4-28-5-3-11/h6-7,11,17H,2-5,8-9H2,1H3,(H,20,23)(H,21,24)/t17-/m1/s1. The maximum absolute atomic E-state index is 13.0. The van der Waals surface area contributed by atoms with Gasteiger partial charge in [-0.1, -0.05) is 0 Å². The molecule has 1 fully saturated rings. The molecule has 154 valence electrons. The summed E-state index contributed by atoms with van der Waals surface area (Å²) in [6.07, 6.45) is 1.93. The lowest BCUT2D eigenvalue weighted by atomic mass is 10.0. The van der Waals surface area contributed by atoms with Gasteiger partial charge in [-0.05, 0) is 42.0 Å². The molecule has 0 radical (unpaired) electrons. The molecule has 8 nitrogen and oxygen atoms in total. The maximum Gasteiger partial charge on any atom is 0.270 e. The van der Waals surface area contributed by atoms with E-state index in [0.717, 1.165) is 29.9 Å². The number of methoxy groups -OCH3 is 1. The number of H-pyrrole nitrogens is 1. The van der Waals surface area contributed by atoms with Gasteiger partial charge in [0, 0.05) is 0 Å². The van der Waals surface area contributed by atoms with Crippen LogP contribution in [0.2, 0.25) is 0 Å². The fourth-order valence-electron chi connectivity index (χ4n) is 4.03. The number of aromatic nitrogens is 2. The van der Waals surface area contributed by atoms with Crippen molar-refractivity contribution in [1.82, 2.24) is 9.78 Å². The zero-order valence-corrected chi connectivity index (χ0v) is 17.5. The summed E-state index contributed by atoms with van der Waals surface area (Å²) < 4.78 is 18.4. The van der Waals surface area contributed by atoms with Crippen LogP contribution in [0.5, 0.6) is 17.2 Å². The zero-order valence-electron chi connectivity index (χ0n) is 15.9. The number of thioether (sulfide) groups is 2. The highest BCUT2D eigenvalue weighted by Crippen LogP contribution is 2.48. The molecule has 0 aliphatic carbocycles. The van der Waals surface area contributed by atoms with Crippen LogP contribution in [-0.4, -0.2) is 46.8 Å². The molecule has 1 aromatic heterocycles. The van der Waals surface area contributed by atoms with Gasteiger partial charge in [0.25, 0.3) is 5.56 Å². The summed E-state index contributed by atoms with van der Waals surface area (Å²) in [5.41, 5.74) is 1.24. The number of aromatic amines is 1. The number of nitrogens with zero attached hydrogens (tertiary/aromatic N) is 1. The van der Waals surface area contributed by atoms with Crippen molar-refractivity contribution in [1.29, 1.82) is 0 Å². The Morgan fingerprint density at radius 2 is 2.03 bits per heavy atom. The van der Waals surface area contributed by atoms with Crippen molar-refractivity contribution in [2.45, 2.75) is 24.1 Å². The van der Waals surface area contributed by atoms with E-state index in [0.29, 0.717) is 28.6 Å². The lowest BCUT2D eigenvalue weighted by Gasteiger charge is -2.24. The Morgan fingerprint density at radius 1 is 1.21 bits per heavy atom. The predicted octanol–water partition coefficient (Wildman–Crippen LogP) is 2.76. The van der Waals surface area contributed by atoms with Crippen molar-refractivity contribution in [3.63, 3.8) is 0 Å². The summed E-state index contributed by atoms with van der Waals surface area (Å²) >= 11 is 3.34. The fourth-order valence-corrected chi connectivity index (χ4v) is 6.21. The van der Waals surface area contributed by atoms with Gasteiger partial charge < -0.3 is 19.5 Å². The highest BCUT2D eigenvalue weighted by Gasteiger charge is 2.34. The smallest absolute Gasteiger partial charge is 0.270 e. The highest BCUT2D eigenvalue weighted by molar-refractivity contribution is 8.00. The number of hydrogen-bond acceptors (Lipinski definition) is 7. The number of anilines is 1. The third-order valence-corrected chi connectivity index (χ3v) is 7.72. The van der Waals surface area contributed by atoms with Crippen molar-refractivity contribution in [3.05, 3.63) is 33.6 Å². The number of rotatable bonds is 3. The van der Waals surface area contributed by atoms with Gasteiger partial charge in [-0.3, -0.25) is 19.4 Å². The van der Waals surface area contributed by atoms with E-state index in [1.54, 1.807) is 7.11 Å². The molecule has 4 heterocycles. The Hall–Kier alpha value is -2.20. The Kier molecular flexibility index (Phi) is 4.91. The molecule has 0 saturated carbocycles. The molecule has 0 spiro atoms. The van der Waals surface area contributed by atoms with Crippen molar-refractivity contribution in [2.24, 2.45) is 0 Å². The molecule has 29 heavy (non-hydrogen) atoms. The van der Waals surface area contributed by atoms with Gasteiger partial charge in [-0.2, -0.15) is 11.8 Å². The van der Waals surface area contributed by atoms with Gasteiger partial charge >= 0.3 is 0 Å².